The van der Waals surface area contributed by atoms with Gasteiger partial charge in [-0.2, -0.15) is 0 Å². The number of nitrogens with two attached hydrogens (primary N) is 1. The van der Waals surface area contributed by atoms with E-state index in [-0.39, 0.29) is 5.91 Å². The number of nitrogen functional groups attached to an aromatic ring is 1. The topological polar surface area (TPSA) is 58.4 Å². The van der Waals surface area contributed by atoms with Crippen molar-refractivity contribution in [3.63, 3.8) is 0 Å². The van der Waals surface area contributed by atoms with Crippen LogP contribution in [0, 0.1) is 6.92 Å². The largest absolute Gasteiger partial charge is 0.399 e. The van der Waals surface area contributed by atoms with Crippen molar-refractivity contribution in [2.75, 3.05) is 30.0 Å². The third-order valence-corrected chi connectivity index (χ3v) is 3.52. The summed E-state index contributed by atoms with van der Waals surface area (Å²) < 4.78 is 0. The van der Waals surface area contributed by atoms with Crippen LogP contribution in [0.5, 0.6) is 0 Å². The Bertz CT molecular complexity index is 663. The number of para-hydroxylation sites is 1. The summed E-state index contributed by atoms with van der Waals surface area (Å²) in [6.45, 7) is 1.90. The van der Waals surface area contributed by atoms with Gasteiger partial charge in [-0.15, -0.1) is 0 Å². The van der Waals surface area contributed by atoms with Crippen LogP contribution in [0.1, 0.15) is 15.9 Å². The van der Waals surface area contributed by atoms with Gasteiger partial charge in [-0.25, -0.2) is 0 Å². The van der Waals surface area contributed by atoms with Crippen LogP contribution in [0.15, 0.2) is 36.4 Å². The number of halogens is 1. The highest BCUT2D eigenvalue weighted by Gasteiger charge is 2.15. The molecule has 2 aromatic rings. The molecule has 0 aromatic heterocycles. The summed E-state index contributed by atoms with van der Waals surface area (Å²) in [5, 5.41) is 3.38. The molecule has 0 atom stereocenters. The summed E-state index contributed by atoms with van der Waals surface area (Å²) in [4.78, 5) is 14.4. The number of rotatable bonds is 3. The number of benzene rings is 2. The second-order valence-corrected chi connectivity index (χ2v) is 5.46. The second kappa shape index (κ2) is 6.06. The Hall–Kier alpha value is -2.20. The SMILES string of the molecule is Cc1cccc(Cl)c1NC(=O)c1cc(N)ccc1N(C)C. The van der Waals surface area contributed by atoms with Crippen molar-refractivity contribution in [3.05, 3.63) is 52.5 Å². The van der Waals surface area contributed by atoms with Crippen molar-refractivity contribution in [1.82, 2.24) is 0 Å². The van der Waals surface area contributed by atoms with E-state index < -0.39 is 0 Å². The van der Waals surface area contributed by atoms with Crippen molar-refractivity contribution in [3.8, 4) is 0 Å². The predicted octanol–water partition coefficient (Wildman–Crippen LogP) is 3.55. The first kappa shape index (κ1) is 15.2. The van der Waals surface area contributed by atoms with Crippen LogP contribution in [-0.4, -0.2) is 20.0 Å². The predicted molar refractivity (Wildman–Crippen MR) is 89.3 cm³/mol. The lowest BCUT2D eigenvalue weighted by atomic mass is 10.1. The van der Waals surface area contributed by atoms with Gasteiger partial charge in [-0.05, 0) is 36.8 Å². The van der Waals surface area contributed by atoms with Crippen LogP contribution in [0.2, 0.25) is 5.02 Å². The highest BCUT2D eigenvalue weighted by molar-refractivity contribution is 6.34. The second-order valence-electron chi connectivity index (χ2n) is 5.06. The maximum Gasteiger partial charge on any atom is 0.257 e. The van der Waals surface area contributed by atoms with Crippen molar-refractivity contribution < 1.29 is 4.79 Å². The first-order valence-electron chi connectivity index (χ1n) is 6.53. The standard InChI is InChI=1S/C16H18ClN3O/c1-10-5-4-6-13(17)15(10)19-16(21)12-9-11(18)7-8-14(12)20(2)3/h4-9H,18H2,1-3H3,(H,19,21). The molecule has 110 valence electrons. The molecule has 0 bridgehead atoms. The van der Waals surface area contributed by atoms with Gasteiger partial charge < -0.3 is 16.0 Å². The summed E-state index contributed by atoms with van der Waals surface area (Å²) >= 11 is 6.14. The average Bonchev–Trinajstić information content (AvgIpc) is 2.42. The van der Waals surface area contributed by atoms with Gasteiger partial charge in [0.2, 0.25) is 0 Å². The first-order valence-corrected chi connectivity index (χ1v) is 6.91. The minimum atomic E-state index is -0.234. The third-order valence-electron chi connectivity index (χ3n) is 3.21. The lowest BCUT2D eigenvalue weighted by Crippen LogP contribution is -2.19. The van der Waals surface area contributed by atoms with Gasteiger partial charge >= 0.3 is 0 Å². The summed E-state index contributed by atoms with van der Waals surface area (Å²) in [7, 11) is 3.76. The molecule has 21 heavy (non-hydrogen) atoms. The lowest BCUT2D eigenvalue weighted by molar-refractivity contribution is 0.102. The summed E-state index contributed by atoms with van der Waals surface area (Å²) in [5.74, 6) is -0.234. The Morgan fingerprint density at radius 2 is 1.95 bits per heavy atom. The number of nitrogens with zero attached hydrogens (tertiary/aromatic N) is 1. The van der Waals surface area contributed by atoms with Crippen molar-refractivity contribution in [2.45, 2.75) is 6.92 Å². The number of aryl methyl sites for hydroxylation is 1. The van der Waals surface area contributed by atoms with Crippen molar-refractivity contribution in [2.24, 2.45) is 0 Å². The van der Waals surface area contributed by atoms with Gasteiger partial charge in [0.15, 0.2) is 0 Å². The molecule has 0 aliphatic rings. The van der Waals surface area contributed by atoms with Crippen LogP contribution in [0.4, 0.5) is 17.1 Å². The monoisotopic (exact) mass is 303 g/mol. The zero-order valence-electron chi connectivity index (χ0n) is 12.3. The van der Waals surface area contributed by atoms with E-state index in [9.17, 15) is 4.79 Å². The molecule has 0 radical (unpaired) electrons. The molecular weight excluding hydrogens is 286 g/mol. The summed E-state index contributed by atoms with van der Waals surface area (Å²) in [6, 6.07) is 10.7. The van der Waals surface area contributed by atoms with Crippen LogP contribution in [0.3, 0.4) is 0 Å². The summed E-state index contributed by atoms with van der Waals surface area (Å²) in [6.07, 6.45) is 0. The van der Waals surface area contributed by atoms with Crippen LogP contribution < -0.4 is 16.0 Å². The molecule has 4 nitrogen and oxygen atoms in total. The Morgan fingerprint density at radius 1 is 1.24 bits per heavy atom. The molecular formula is C16H18ClN3O. The fourth-order valence-corrected chi connectivity index (χ4v) is 2.37. The Morgan fingerprint density at radius 3 is 2.57 bits per heavy atom. The number of amides is 1. The van der Waals surface area contributed by atoms with Crippen LogP contribution in [-0.2, 0) is 0 Å². The van der Waals surface area contributed by atoms with E-state index in [2.05, 4.69) is 5.32 Å². The maximum absolute atomic E-state index is 12.5. The quantitative estimate of drug-likeness (QED) is 0.853. The smallest absolute Gasteiger partial charge is 0.257 e. The normalized spacial score (nSPS) is 10.3. The molecule has 0 aliphatic carbocycles. The van der Waals surface area contributed by atoms with Gasteiger partial charge in [0.1, 0.15) is 0 Å². The highest BCUT2D eigenvalue weighted by atomic mass is 35.5. The van der Waals surface area contributed by atoms with E-state index in [4.69, 9.17) is 17.3 Å². The first-order chi connectivity index (χ1) is 9.90. The fraction of sp³-hybridized carbons (Fsp3) is 0.188. The number of hydrogen-bond acceptors (Lipinski definition) is 3. The molecule has 2 aromatic carbocycles. The number of nitrogens with one attached hydrogen (secondary N) is 1. The van der Waals surface area contributed by atoms with Crippen LogP contribution in [0.25, 0.3) is 0 Å². The van der Waals surface area contributed by atoms with E-state index in [0.29, 0.717) is 22.0 Å². The van der Waals surface area contributed by atoms with Gasteiger partial charge in [-0.1, -0.05) is 23.7 Å². The van der Waals surface area contributed by atoms with E-state index in [1.165, 1.54) is 0 Å². The van der Waals surface area contributed by atoms with Gasteiger partial charge in [0.05, 0.1) is 16.3 Å². The van der Waals surface area contributed by atoms with E-state index >= 15 is 0 Å². The lowest BCUT2D eigenvalue weighted by Gasteiger charge is -2.18. The number of anilines is 3. The van der Waals surface area contributed by atoms with Crippen LogP contribution >= 0.6 is 11.6 Å². The zero-order valence-corrected chi connectivity index (χ0v) is 13.0. The highest BCUT2D eigenvalue weighted by Crippen LogP contribution is 2.28. The molecule has 0 aliphatic heterocycles. The van der Waals surface area contributed by atoms with Gasteiger partial charge in [-0.3, -0.25) is 4.79 Å². The third kappa shape index (κ3) is 3.28. The number of hydrogen-bond donors (Lipinski definition) is 2. The molecule has 0 unspecified atom stereocenters. The van der Waals surface area contributed by atoms with Crippen molar-refractivity contribution in [1.29, 1.82) is 0 Å². The minimum absolute atomic E-state index is 0.234. The van der Waals surface area contributed by atoms with Gasteiger partial charge in [0.25, 0.3) is 5.91 Å². The molecule has 0 saturated carbocycles. The maximum atomic E-state index is 12.5. The fourth-order valence-electron chi connectivity index (χ4n) is 2.10. The molecule has 2 rings (SSSR count). The van der Waals surface area contributed by atoms with E-state index in [0.717, 1.165) is 11.3 Å². The number of carbonyl (C=O) groups excluding carboxylic acids is 1. The van der Waals surface area contributed by atoms with Crippen molar-refractivity contribution >= 4 is 34.6 Å². The van der Waals surface area contributed by atoms with E-state index in [1.54, 1.807) is 18.2 Å². The van der Waals surface area contributed by atoms with Gasteiger partial charge in [0, 0.05) is 25.5 Å². The molecule has 5 heteroatoms. The minimum Gasteiger partial charge on any atom is -0.399 e. The Balaban J connectivity index is 2.39. The molecule has 3 N–H and O–H groups in total. The molecule has 0 spiro atoms. The molecule has 0 fully saturated rings. The summed E-state index contributed by atoms with van der Waals surface area (Å²) in [5.41, 5.74) is 9.18. The molecule has 0 saturated heterocycles. The Labute approximate surface area is 129 Å². The average molecular weight is 304 g/mol. The molecule has 1 amide bonds. The van der Waals surface area contributed by atoms with E-state index in [1.807, 2.05) is 44.1 Å². The zero-order chi connectivity index (χ0) is 15.6. The molecule has 0 heterocycles. The number of carbonyl (C=O) groups is 1. The Kier molecular flexibility index (Phi) is 4.38.